The van der Waals surface area contributed by atoms with E-state index < -0.39 is 0 Å². The van der Waals surface area contributed by atoms with Crippen LogP contribution in [0.5, 0.6) is 0 Å². The Kier molecular flexibility index (Phi) is 4.90. The van der Waals surface area contributed by atoms with Crippen LogP contribution in [0.4, 0.5) is 0 Å². The van der Waals surface area contributed by atoms with Crippen LogP contribution < -0.4 is 5.32 Å². The summed E-state index contributed by atoms with van der Waals surface area (Å²) in [5.74, 6) is -0.255. The standard InChI is InChI=1S/C13H21N3O2S/c1-4-18-13(17)12-11(15-8-19-12)10-7-14-5-6-16(10)9(2)3/h8-10,14H,4-7H2,1-3H3. The van der Waals surface area contributed by atoms with Crippen LogP contribution >= 0.6 is 11.3 Å². The highest BCUT2D eigenvalue weighted by atomic mass is 32.1. The molecule has 0 bridgehead atoms. The van der Waals surface area contributed by atoms with Gasteiger partial charge < -0.3 is 10.1 Å². The zero-order chi connectivity index (χ0) is 13.8. The normalized spacial score (nSPS) is 20.7. The Morgan fingerprint density at radius 1 is 1.68 bits per heavy atom. The topological polar surface area (TPSA) is 54.5 Å². The van der Waals surface area contributed by atoms with Crippen LogP contribution in [-0.2, 0) is 4.74 Å². The van der Waals surface area contributed by atoms with Crippen molar-refractivity contribution in [3.63, 3.8) is 0 Å². The molecule has 0 aliphatic carbocycles. The lowest BCUT2D eigenvalue weighted by Gasteiger charge is -2.38. The van der Waals surface area contributed by atoms with Crippen molar-refractivity contribution in [1.29, 1.82) is 0 Å². The molecule has 0 saturated carbocycles. The third kappa shape index (κ3) is 3.13. The summed E-state index contributed by atoms with van der Waals surface area (Å²) >= 11 is 1.36. The minimum absolute atomic E-state index is 0.152. The molecule has 5 nitrogen and oxygen atoms in total. The highest BCUT2D eigenvalue weighted by Crippen LogP contribution is 2.28. The Morgan fingerprint density at radius 3 is 3.16 bits per heavy atom. The maximum Gasteiger partial charge on any atom is 0.350 e. The lowest BCUT2D eigenvalue weighted by molar-refractivity contribution is 0.0523. The molecular formula is C13H21N3O2S. The molecule has 6 heteroatoms. The number of hydrogen-bond donors (Lipinski definition) is 1. The maximum absolute atomic E-state index is 12.0. The Morgan fingerprint density at radius 2 is 2.47 bits per heavy atom. The number of thiazole rings is 1. The Bertz CT molecular complexity index is 433. The number of nitrogens with zero attached hydrogens (tertiary/aromatic N) is 2. The number of rotatable bonds is 4. The quantitative estimate of drug-likeness (QED) is 0.852. The first-order valence-electron chi connectivity index (χ1n) is 6.72. The van der Waals surface area contributed by atoms with Crippen molar-refractivity contribution in [3.05, 3.63) is 16.1 Å². The van der Waals surface area contributed by atoms with E-state index in [2.05, 4.69) is 29.0 Å². The molecule has 1 aromatic rings. The highest BCUT2D eigenvalue weighted by molar-refractivity contribution is 7.11. The second-order valence-corrected chi connectivity index (χ2v) is 5.69. The summed E-state index contributed by atoms with van der Waals surface area (Å²) in [5, 5.41) is 3.38. The van der Waals surface area contributed by atoms with E-state index in [-0.39, 0.29) is 12.0 Å². The van der Waals surface area contributed by atoms with Gasteiger partial charge in [0.1, 0.15) is 4.88 Å². The van der Waals surface area contributed by atoms with Gasteiger partial charge in [0.25, 0.3) is 0 Å². The SMILES string of the molecule is CCOC(=O)c1scnc1C1CNCCN1C(C)C. The molecule has 2 rings (SSSR count). The van der Waals surface area contributed by atoms with E-state index in [4.69, 9.17) is 4.74 Å². The third-order valence-corrected chi connectivity index (χ3v) is 4.14. The Labute approximate surface area is 118 Å². The maximum atomic E-state index is 12.0. The van der Waals surface area contributed by atoms with E-state index in [0.717, 1.165) is 25.3 Å². The molecule has 106 valence electrons. The van der Waals surface area contributed by atoms with Crippen molar-refractivity contribution in [3.8, 4) is 0 Å². The zero-order valence-corrected chi connectivity index (χ0v) is 12.5. The monoisotopic (exact) mass is 283 g/mol. The van der Waals surface area contributed by atoms with Gasteiger partial charge in [0.15, 0.2) is 0 Å². The molecule has 1 aromatic heterocycles. The predicted molar refractivity (Wildman–Crippen MR) is 75.5 cm³/mol. The summed E-state index contributed by atoms with van der Waals surface area (Å²) < 4.78 is 5.11. The fraction of sp³-hybridized carbons (Fsp3) is 0.692. The van der Waals surface area contributed by atoms with Gasteiger partial charge in [0.2, 0.25) is 0 Å². The van der Waals surface area contributed by atoms with Crippen LogP contribution in [0, 0.1) is 0 Å². The number of carbonyl (C=O) groups excluding carboxylic acids is 1. The molecule has 1 fully saturated rings. The number of ether oxygens (including phenoxy) is 1. The number of nitrogens with one attached hydrogen (secondary N) is 1. The predicted octanol–water partition coefficient (Wildman–Crippen LogP) is 1.67. The lowest BCUT2D eigenvalue weighted by atomic mass is 10.1. The van der Waals surface area contributed by atoms with Crippen LogP contribution in [0.1, 0.15) is 42.2 Å². The molecule has 0 aromatic carbocycles. The molecule has 0 amide bonds. The van der Waals surface area contributed by atoms with Crippen molar-refractivity contribution in [2.45, 2.75) is 32.9 Å². The number of piperazine rings is 1. The summed E-state index contributed by atoms with van der Waals surface area (Å²) in [4.78, 5) is 19.4. The second kappa shape index (κ2) is 6.45. The van der Waals surface area contributed by atoms with Gasteiger partial charge >= 0.3 is 5.97 Å². The Balaban J connectivity index is 2.24. The fourth-order valence-corrected chi connectivity index (χ4v) is 3.17. The molecule has 1 unspecified atom stereocenters. The Hall–Kier alpha value is -0.980. The van der Waals surface area contributed by atoms with E-state index >= 15 is 0 Å². The van der Waals surface area contributed by atoms with Gasteiger partial charge in [0.05, 0.1) is 23.9 Å². The number of hydrogen-bond acceptors (Lipinski definition) is 6. The largest absolute Gasteiger partial charge is 0.462 e. The van der Waals surface area contributed by atoms with E-state index in [1.165, 1.54) is 11.3 Å². The van der Waals surface area contributed by atoms with Gasteiger partial charge in [-0.1, -0.05) is 0 Å². The van der Waals surface area contributed by atoms with Gasteiger partial charge in [-0.15, -0.1) is 11.3 Å². The fourth-order valence-electron chi connectivity index (χ4n) is 2.43. The van der Waals surface area contributed by atoms with Crippen molar-refractivity contribution in [2.24, 2.45) is 0 Å². The van der Waals surface area contributed by atoms with Crippen LogP contribution in [0.15, 0.2) is 5.51 Å². The van der Waals surface area contributed by atoms with Crippen LogP contribution in [0.2, 0.25) is 0 Å². The van der Waals surface area contributed by atoms with Gasteiger partial charge in [-0.3, -0.25) is 4.90 Å². The summed E-state index contributed by atoms with van der Waals surface area (Å²) in [7, 11) is 0. The summed E-state index contributed by atoms with van der Waals surface area (Å²) in [6.07, 6.45) is 0. The zero-order valence-electron chi connectivity index (χ0n) is 11.7. The second-order valence-electron chi connectivity index (χ2n) is 4.84. The molecule has 2 heterocycles. The lowest BCUT2D eigenvalue weighted by Crippen LogP contribution is -2.49. The highest BCUT2D eigenvalue weighted by Gasteiger charge is 2.31. The van der Waals surface area contributed by atoms with Gasteiger partial charge in [-0.2, -0.15) is 0 Å². The molecule has 1 aliphatic heterocycles. The van der Waals surface area contributed by atoms with Crippen molar-refractivity contribution in [1.82, 2.24) is 15.2 Å². The molecule has 1 aliphatic rings. The molecule has 19 heavy (non-hydrogen) atoms. The molecule has 1 atom stereocenters. The van der Waals surface area contributed by atoms with Crippen molar-refractivity contribution >= 4 is 17.3 Å². The molecule has 0 radical (unpaired) electrons. The molecule has 0 spiro atoms. The number of aromatic nitrogens is 1. The molecule has 1 saturated heterocycles. The van der Waals surface area contributed by atoms with Gasteiger partial charge in [-0.05, 0) is 20.8 Å². The summed E-state index contributed by atoms with van der Waals surface area (Å²) in [6, 6.07) is 0.586. The van der Waals surface area contributed by atoms with Crippen LogP contribution in [0.3, 0.4) is 0 Å². The number of carbonyl (C=O) groups is 1. The first-order valence-corrected chi connectivity index (χ1v) is 7.60. The summed E-state index contributed by atoms with van der Waals surface area (Å²) in [6.45, 7) is 9.35. The van der Waals surface area contributed by atoms with Gasteiger partial charge in [-0.25, -0.2) is 9.78 Å². The average molecular weight is 283 g/mol. The van der Waals surface area contributed by atoms with E-state index in [1.807, 2.05) is 6.92 Å². The first-order chi connectivity index (χ1) is 9.15. The van der Waals surface area contributed by atoms with Crippen molar-refractivity contribution in [2.75, 3.05) is 26.2 Å². The average Bonchev–Trinajstić information content (AvgIpc) is 2.88. The number of esters is 1. The third-order valence-electron chi connectivity index (χ3n) is 3.32. The minimum atomic E-state index is -0.255. The van der Waals surface area contributed by atoms with Crippen LogP contribution in [-0.4, -0.2) is 48.1 Å². The van der Waals surface area contributed by atoms with Gasteiger partial charge in [0, 0.05) is 25.7 Å². The van der Waals surface area contributed by atoms with E-state index in [1.54, 1.807) is 5.51 Å². The summed E-state index contributed by atoms with van der Waals surface area (Å²) in [5.41, 5.74) is 2.58. The minimum Gasteiger partial charge on any atom is -0.462 e. The van der Waals surface area contributed by atoms with E-state index in [0.29, 0.717) is 17.5 Å². The smallest absolute Gasteiger partial charge is 0.350 e. The van der Waals surface area contributed by atoms with Crippen LogP contribution in [0.25, 0.3) is 0 Å². The van der Waals surface area contributed by atoms with Crippen molar-refractivity contribution < 1.29 is 9.53 Å². The molecular weight excluding hydrogens is 262 g/mol. The molecule has 1 N–H and O–H groups in total. The first kappa shape index (κ1) is 14.4. The van der Waals surface area contributed by atoms with E-state index in [9.17, 15) is 4.79 Å².